The highest BCUT2D eigenvalue weighted by Gasteiger charge is 2.26. The number of aromatic nitrogens is 2. The standard InChI is InChI=1S/C18H30N4O.ClH/c1-14(2)11-15-5-4-9-21(13-15)18(23)17-7-10-22(20-17)16-6-3-8-19-12-16;/h7,10,14-16,19H,3-6,8-9,11-13H2,1-2H3;1H. The molecule has 0 bridgehead atoms. The third-order valence-corrected chi connectivity index (χ3v) is 5.08. The van der Waals surface area contributed by atoms with Crippen molar-refractivity contribution >= 4 is 18.3 Å². The lowest BCUT2D eigenvalue weighted by atomic mass is 9.89. The van der Waals surface area contributed by atoms with Crippen LogP contribution in [0.3, 0.4) is 0 Å². The van der Waals surface area contributed by atoms with Gasteiger partial charge < -0.3 is 10.2 Å². The maximum atomic E-state index is 12.8. The van der Waals surface area contributed by atoms with Gasteiger partial charge in [0.25, 0.3) is 5.91 Å². The van der Waals surface area contributed by atoms with Gasteiger partial charge >= 0.3 is 0 Å². The molecule has 1 N–H and O–H groups in total. The maximum Gasteiger partial charge on any atom is 0.274 e. The molecule has 6 heteroatoms. The van der Waals surface area contributed by atoms with E-state index in [9.17, 15) is 4.79 Å². The van der Waals surface area contributed by atoms with Gasteiger partial charge in [0.1, 0.15) is 5.69 Å². The zero-order valence-electron chi connectivity index (χ0n) is 14.9. The second-order valence-electron chi connectivity index (χ2n) is 7.57. The number of piperidine rings is 2. The molecule has 2 aliphatic rings. The van der Waals surface area contributed by atoms with E-state index in [-0.39, 0.29) is 18.3 Å². The summed E-state index contributed by atoms with van der Waals surface area (Å²) in [5, 5.41) is 7.98. The Balaban J connectivity index is 0.00000208. The SMILES string of the molecule is CC(C)CC1CCCN(C(=O)c2ccn(C3CCCNC3)n2)C1.Cl. The number of nitrogens with one attached hydrogen (secondary N) is 1. The van der Waals surface area contributed by atoms with Crippen LogP contribution in [0, 0.1) is 11.8 Å². The number of hydrogen-bond donors (Lipinski definition) is 1. The third-order valence-electron chi connectivity index (χ3n) is 5.08. The van der Waals surface area contributed by atoms with Crippen LogP contribution in [0.2, 0.25) is 0 Å². The summed E-state index contributed by atoms with van der Waals surface area (Å²) in [5.41, 5.74) is 0.612. The Morgan fingerprint density at radius 2 is 2.21 bits per heavy atom. The second kappa shape index (κ2) is 8.86. The van der Waals surface area contributed by atoms with Gasteiger partial charge in [-0.15, -0.1) is 12.4 Å². The van der Waals surface area contributed by atoms with Gasteiger partial charge in [-0.1, -0.05) is 13.8 Å². The number of likely N-dealkylation sites (tertiary alicyclic amines) is 1. The minimum atomic E-state index is 0. The molecule has 24 heavy (non-hydrogen) atoms. The monoisotopic (exact) mass is 354 g/mol. The van der Waals surface area contributed by atoms with Crippen LogP contribution in [0.15, 0.2) is 12.3 Å². The summed E-state index contributed by atoms with van der Waals surface area (Å²) in [7, 11) is 0. The van der Waals surface area contributed by atoms with Gasteiger partial charge in [0, 0.05) is 25.8 Å². The first-order valence-corrected chi connectivity index (χ1v) is 9.18. The Morgan fingerprint density at radius 3 is 2.92 bits per heavy atom. The highest BCUT2D eigenvalue weighted by Crippen LogP contribution is 2.24. The van der Waals surface area contributed by atoms with Crippen LogP contribution in [0.5, 0.6) is 0 Å². The molecule has 0 radical (unpaired) electrons. The molecule has 3 heterocycles. The van der Waals surface area contributed by atoms with E-state index in [0.29, 0.717) is 23.6 Å². The Kier molecular flexibility index (Phi) is 7.11. The zero-order valence-corrected chi connectivity index (χ0v) is 15.7. The smallest absolute Gasteiger partial charge is 0.274 e. The summed E-state index contributed by atoms with van der Waals surface area (Å²) in [6, 6.07) is 2.28. The van der Waals surface area contributed by atoms with Gasteiger partial charge in [0.2, 0.25) is 0 Å². The Labute approximate surface area is 151 Å². The van der Waals surface area contributed by atoms with Crippen molar-refractivity contribution in [3.63, 3.8) is 0 Å². The molecule has 2 saturated heterocycles. The van der Waals surface area contributed by atoms with Crippen molar-refractivity contribution in [1.29, 1.82) is 0 Å². The molecule has 2 unspecified atom stereocenters. The van der Waals surface area contributed by atoms with Gasteiger partial charge in [0.05, 0.1) is 6.04 Å². The van der Waals surface area contributed by atoms with Gasteiger partial charge in [-0.3, -0.25) is 9.48 Å². The van der Waals surface area contributed by atoms with Crippen molar-refractivity contribution < 1.29 is 4.79 Å². The highest BCUT2D eigenvalue weighted by atomic mass is 35.5. The molecule has 5 nitrogen and oxygen atoms in total. The normalized spacial score (nSPS) is 24.7. The number of amides is 1. The predicted molar refractivity (Wildman–Crippen MR) is 98.7 cm³/mol. The molecule has 0 spiro atoms. The Morgan fingerprint density at radius 1 is 1.38 bits per heavy atom. The van der Waals surface area contributed by atoms with Crippen molar-refractivity contribution in [1.82, 2.24) is 20.0 Å². The fourth-order valence-electron chi connectivity index (χ4n) is 3.99. The third kappa shape index (κ3) is 4.73. The van der Waals surface area contributed by atoms with E-state index in [4.69, 9.17) is 0 Å². The predicted octanol–water partition coefficient (Wildman–Crippen LogP) is 3.13. The van der Waals surface area contributed by atoms with E-state index in [1.165, 1.54) is 19.3 Å². The largest absolute Gasteiger partial charge is 0.337 e. The fourth-order valence-corrected chi connectivity index (χ4v) is 3.99. The van der Waals surface area contributed by atoms with Gasteiger partial charge in [-0.05, 0) is 56.6 Å². The average Bonchev–Trinajstić information content (AvgIpc) is 3.04. The first kappa shape index (κ1) is 19.3. The van der Waals surface area contributed by atoms with Crippen molar-refractivity contribution in [2.45, 2.75) is 52.0 Å². The summed E-state index contributed by atoms with van der Waals surface area (Å²) < 4.78 is 1.98. The minimum Gasteiger partial charge on any atom is -0.337 e. The van der Waals surface area contributed by atoms with Crippen LogP contribution in [0.1, 0.15) is 62.5 Å². The first-order chi connectivity index (χ1) is 11.1. The number of carbonyl (C=O) groups is 1. The van der Waals surface area contributed by atoms with Crippen LogP contribution >= 0.6 is 12.4 Å². The van der Waals surface area contributed by atoms with Crippen LogP contribution in [-0.2, 0) is 0 Å². The molecular weight excluding hydrogens is 324 g/mol. The van der Waals surface area contributed by atoms with Crippen molar-refractivity contribution in [2.24, 2.45) is 11.8 Å². The molecule has 2 atom stereocenters. The lowest BCUT2D eigenvalue weighted by molar-refractivity contribution is 0.0652. The van der Waals surface area contributed by atoms with Crippen LogP contribution in [0.4, 0.5) is 0 Å². The van der Waals surface area contributed by atoms with Crippen LogP contribution in [0.25, 0.3) is 0 Å². The number of hydrogen-bond acceptors (Lipinski definition) is 3. The molecule has 3 rings (SSSR count). The van der Waals surface area contributed by atoms with E-state index < -0.39 is 0 Å². The van der Waals surface area contributed by atoms with Gasteiger partial charge in [-0.2, -0.15) is 5.10 Å². The average molecular weight is 355 g/mol. The molecule has 1 aromatic rings. The van der Waals surface area contributed by atoms with E-state index >= 15 is 0 Å². The Hall–Kier alpha value is -1.07. The number of carbonyl (C=O) groups excluding carboxylic acids is 1. The van der Waals surface area contributed by atoms with E-state index in [1.807, 2.05) is 21.8 Å². The molecule has 0 aliphatic carbocycles. The molecule has 0 aromatic carbocycles. The van der Waals surface area contributed by atoms with Gasteiger partial charge in [-0.25, -0.2) is 0 Å². The van der Waals surface area contributed by atoms with Crippen molar-refractivity contribution in [3.8, 4) is 0 Å². The number of halogens is 1. The van der Waals surface area contributed by atoms with Gasteiger partial charge in [0.15, 0.2) is 0 Å². The summed E-state index contributed by atoms with van der Waals surface area (Å²) in [6.07, 6.45) is 7.88. The lowest BCUT2D eigenvalue weighted by Gasteiger charge is -2.33. The van der Waals surface area contributed by atoms with Crippen LogP contribution < -0.4 is 5.32 Å². The van der Waals surface area contributed by atoms with Crippen molar-refractivity contribution in [2.75, 3.05) is 26.2 Å². The molecule has 2 fully saturated rings. The molecule has 136 valence electrons. The van der Waals surface area contributed by atoms with Crippen LogP contribution in [-0.4, -0.2) is 46.8 Å². The number of rotatable bonds is 4. The first-order valence-electron chi connectivity index (χ1n) is 9.18. The topological polar surface area (TPSA) is 50.2 Å². The molecule has 2 aliphatic heterocycles. The lowest BCUT2D eigenvalue weighted by Crippen LogP contribution is -2.40. The minimum absolute atomic E-state index is 0. The van der Waals surface area contributed by atoms with E-state index in [0.717, 1.165) is 39.0 Å². The quantitative estimate of drug-likeness (QED) is 0.903. The van der Waals surface area contributed by atoms with E-state index in [1.54, 1.807) is 0 Å². The molecular formula is C18H31ClN4O. The van der Waals surface area contributed by atoms with Crippen molar-refractivity contribution in [3.05, 3.63) is 18.0 Å². The zero-order chi connectivity index (χ0) is 16.2. The Bertz CT molecular complexity index is 525. The molecule has 1 aromatic heterocycles. The highest BCUT2D eigenvalue weighted by molar-refractivity contribution is 5.92. The number of nitrogens with zero attached hydrogens (tertiary/aromatic N) is 3. The summed E-state index contributed by atoms with van der Waals surface area (Å²) in [5.74, 6) is 1.46. The second-order valence-corrected chi connectivity index (χ2v) is 7.57. The molecule has 1 amide bonds. The van der Waals surface area contributed by atoms with E-state index in [2.05, 4.69) is 24.3 Å². The summed E-state index contributed by atoms with van der Waals surface area (Å²) in [4.78, 5) is 14.8. The maximum absolute atomic E-state index is 12.8. The summed E-state index contributed by atoms with van der Waals surface area (Å²) in [6.45, 7) is 8.35. The summed E-state index contributed by atoms with van der Waals surface area (Å²) >= 11 is 0. The molecule has 0 saturated carbocycles. The fraction of sp³-hybridized carbons (Fsp3) is 0.778.